The first kappa shape index (κ1) is 24.7. The van der Waals surface area contributed by atoms with Gasteiger partial charge in [-0.25, -0.2) is 4.98 Å². The number of hydrogen-bond donors (Lipinski definition) is 1. The van der Waals surface area contributed by atoms with E-state index in [9.17, 15) is 4.79 Å². The average Bonchev–Trinajstić information content (AvgIpc) is 3.47. The van der Waals surface area contributed by atoms with Crippen molar-refractivity contribution in [3.8, 4) is 11.4 Å². The van der Waals surface area contributed by atoms with Gasteiger partial charge in [-0.1, -0.05) is 32.4 Å². The van der Waals surface area contributed by atoms with Crippen molar-refractivity contribution >= 4 is 23.7 Å². The van der Waals surface area contributed by atoms with Gasteiger partial charge in [0.15, 0.2) is 5.82 Å². The van der Waals surface area contributed by atoms with E-state index < -0.39 is 0 Å². The quantitative estimate of drug-likeness (QED) is 0.566. The van der Waals surface area contributed by atoms with Crippen molar-refractivity contribution in [2.24, 2.45) is 13.0 Å². The highest BCUT2D eigenvalue weighted by molar-refractivity contribution is 6.33. The largest absolute Gasteiger partial charge is 0.388 e. The Labute approximate surface area is 200 Å². The number of rotatable bonds is 5. The molecule has 3 aliphatic rings. The molecule has 3 fully saturated rings. The van der Waals surface area contributed by atoms with Gasteiger partial charge in [-0.2, -0.15) is 5.10 Å². The van der Waals surface area contributed by atoms with Crippen LogP contribution in [0.15, 0.2) is 37.2 Å². The predicted molar refractivity (Wildman–Crippen MR) is 130 cm³/mol. The van der Waals surface area contributed by atoms with Gasteiger partial charge in [0.1, 0.15) is 19.0 Å². The Morgan fingerprint density at radius 2 is 1.94 bits per heavy atom. The smallest absolute Gasteiger partial charge is 0.210 e. The maximum atomic E-state index is 11.1. The van der Waals surface area contributed by atoms with E-state index >= 15 is 0 Å². The van der Waals surface area contributed by atoms with Gasteiger partial charge in [0.05, 0.1) is 10.6 Å². The lowest BCUT2D eigenvalue weighted by Gasteiger charge is -2.62. The van der Waals surface area contributed by atoms with Crippen LogP contribution in [0.4, 0.5) is 5.69 Å². The minimum atomic E-state index is 0.0342. The lowest BCUT2D eigenvalue weighted by molar-refractivity contribution is -0.160. The first-order valence-corrected chi connectivity index (χ1v) is 11.7. The summed E-state index contributed by atoms with van der Waals surface area (Å²) in [7, 11) is 3.69. The molecular formula is C23H33ClN8O. The molecule has 2 bridgehead atoms. The van der Waals surface area contributed by atoms with E-state index in [1.165, 1.54) is 0 Å². The standard InChI is InChI=1S/C11H16N4O.C10H11ClN4.C2H6/c1-9-2-10-4-11(3-9,15(10)8-16)5-14-6-12-13-7-14;1-12-7-3-4-9(11)8(5-7)10-13-6-15(2)14-10;1-2/h6-10H,2-5H2,1H3;3-6,12H,1-2H3;1-2H3. The molecule has 6 rings (SSSR count). The molecule has 3 atom stereocenters. The normalized spacial score (nSPS) is 22.8. The summed E-state index contributed by atoms with van der Waals surface area (Å²) in [6.45, 7) is 7.11. The van der Waals surface area contributed by atoms with Crippen molar-refractivity contribution in [3.63, 3.8) is 0 Å². The van der Waals surface area contributed by atoms with Crippen molar-refractivity contribution in [1.29, 1.82) is 0 Å². The molecule has 0 spiro atoms. The predicted octanol–water partition coefficient (Wildman–Crippen LogP) is 3.88. The second kappa shape index (κ2) is 10.8. The molecule has 4 heterocycles. The Hall–Kier alpha value is -2.94. The van der Waals surface area contributed by atoms with Gasteiger partial charge in [0.25, 0.3) is 0 Å². The van der Waals surface area contributed by atoms with E-state index in [-0.39, 0.29) is 5.54 Å². The number of piperidine rings is 1. The number of hydrogen-bond acceptors (Lipinski definition) is 6. The van der Waals surface area contributed by atoms with Crippen molar-refractivity contribution in [1.82, 2.24) is 34.4 Å². The summed E-state index contributed by atoms with van der Waals surface area (Å²) in [4.78, 5) is 17.3. The first-order chi connectivity index (χ1) is 15.9. The number of benzene rings is 1. The third-order valence-corrected chi connectivity index (χ3v) is 6.44. The molecule has 33 heavy (non-hydrogen) atoms. The van der Waals surface area contributed by atoms with Gasteiger partial charge in [0.2, 0.25) is 6.41 Å². The van der Waals surface area contributed by atoms with Crippen LogP contribution in [0.25, 0.3) is 11.4 Å². The number of halogens is 1. The summed E-state index contributed by atoms with van der Waals surface area (Å²) in [5.41, 5.74) is 1.86. The zero-order chi connectivity index (χ0) is 24.0. The number of carbonyl (C=O) groups excluding carboxylic acids is 1. The van der Waals surface area contributed by atoms with Gasteiger partial charge >= 0.3 is 0 Å². The number of amides is 1. The molecule has 0 radical (unpaired) electrons. The SMILES string of the molecule is CC.CC1CC2CC(Cn3cnnc3)(C1)N2C=O.CNc1ccc(Cl)c(-c2ncn(C)n2)c1. The van der Waals surface area contributed by atoms with Crippen molar-refractivity contribution in [2.75, 3.05) is 12.4 Å². The highest BCUT2D eigenvalue weighted by Gasteiger charge is 2.55. The van der Waals surface area contributed by atoms with Crippen molar-refractivity contribution in [2.45, 2.75) is 58.2 Å². The topological polar surface area (TPSA) is 93.8 Å². The molecule has 2 saturated heterocycles. The summed E-state index contributed by atoms with van der Waals surface area (Å²) in [6.07, 6.45) is 9.51. The number of carbonyl (C=O) groups is 1. The maximum absolute atomic E-state index is 11.1. The monoisotopic (exact) mass is 472 g/mol. The zero-order valence-corrected chi connectivity index (χ0v) is 20.7. The Balaban J connectivity index is 0.000000173. The molecule has 1 aliphatic carbocycles. The highest BCUT2D eigenvalue weighted by atomic mass is 35.5. The highest BCUT2D eigenvalue weighted by Crippen LogP contribution is 2.49. The fraction of sp³-hybridized carbons (Fsp3) is 0.522. The molecule has 178 valence electrons. The lowest BCUT2D eigenvalue weighted by atomic mass is 9.64. The Morgan fingerprint density at radius 1 is 1.21 bits per heavy atom. The molecule has 1 saturated carbocycles. The second-order valence-electron chi connectivity index (χ2n) is 8.46. The Kier molecular flexibility index (Phi) is 8.07. The van der Waals surface area contributed by atoms with Crippen LogP contribution in [0.3, 0.4) is 0 Å². The van der Waals surface area contributed by atoms with Crippen molar-refractivity contribution < 1.29 is 4.79 Å². The summed E-state index contributed by atoms with van der Waals surface area (Å²) >= 11 is 6.08. The fourth-order valence-electron chi connectivity index (χ4n) is 4.87. The van der Waals surface area contributed by atoms with Crippen LogP contribution < -0.4 is 5.32 Å². The Bertz CT molecular complexity index is 1040. The fourth-order valence-corrected chi connectivity index (χ4v) is 5.07. The molecule has 1 N–H and O–H groups in total. The molecule has 1 amide bonds. The molecule has 9 nitrogen and oxygen atoms in total. The molecule has 3 unspecified atom stereocenters. The summed E-state index contributed by atoms with van der Waals surface area (Å²) in [6, 6.07) is 6.14. The zero-order valence-electron chi connectivity index (χ0n) is 19.9. The van der Waals surface area contributed by atoms with Gasteiger partial charge < -0.3 is 14.8 Å². The van der Waals surface area contributed by atoms with E-state index in [0.29, 0.717) is 22.8 Å². The maximum Gasteiger partial charge on any atom is 0.210 e. The van der Waals surface area contributed by atoms with E-state index in [2.05, 4.69) is 32.5 Å². The molecule has 10 heteroatoms. The van der Waals surface area contributed by atoms with E-state index in [0.717, 1.165) is 43.5 Å². The number of aromatic nitrogens is 6. The van der Waals surface area contributed by atoms with E-state index in [1.807, 2.05) is 55.6 Å². The van der Waals surface area contributed by atoms with Crippen LogP contribution >= 0.6 is 11.6 Å². The van der Waals surface area contributed by atoms with Gasteiger partial charge in [-0.3, -0.25) is 9.48 Å². The van der Waals surface area contributed by atoms with Crippen LogP contribution in [0, 0.1) is 5.92 Å². The number of aryl methyl sites for hydroxylation is 1. The minimum Gasteiger partial charge on any atom is -0.388 e. The number of anilines is 1. The van der Waals surface area contributed by atoms with Crippen LogP contribution in [0.2, 0.25) is 5.02 Å². The third-order valence-electron chi connectivity index (χ3n) is 6.11. The van der Waals surface area contributed by atoms with Crippen LogP contribution in [-0.4, -0.2) is 59.5 Å². The Morgan fingerprint density at radius 3 is 2.55 bits per heavy atom. The second-order valence-corrected chi connectivity index (χ2v) is 8.87. The average molecular weight is 473 g/mol. The number of nitrogens with one attached hydrogen (secondary N) is 1. The summed E-state index contributed by atoms with van der Waals surface area (Å²) in [5.74, 6) is 1.35. The van der Waals surface area contributed by atoms with E-state index in [1.54, 1.807) is 23.7 Å². The minimum absolute atomic E-state index is 0.0342. The molecule has 1 aromatic carbocycles. The van der Waals surface area contributed by atoms with Gasteiger partial charge in [-0.05, 0) is 43.4 Å². The van der Waals surface area contributed by atoms with Crippen LogP contribution in [0.5, 0.6) is 0 Å². The molecular weight excluding hydrogens is 440 g/mol. The van der Waals surface area contributed by atoms with Crippen LogP contribution in [-0.2, 0) is 18.4 Å². The third kappa shape index (κ3) is 5.35. The molecule has 3 aromatic rings. The number of fused-ring (bicyclic) bond motifs is 2. The van der Waals surface area contributed by atoms with Gasteiger partial charge in [-0.15, -0.1) is 10.2 Å². The van der Waals surface area contributed by atoms with Crippen molar-refractivity contribution in [3.05, 3.63) is 42.2 Å². The number of nitrogens with zero attached hydrogens (tertiary/aromatic N) is 7. The van der Waals surface area contributed by atoms with Crippen LogP contribution in [0.1, 0.15) is 40.0 Å². The first-order valence-electron chi connectivity index (χ1n) is 11.3. The molecule has 2 aromatic heterocycles. The summed E-state index contributed by atoms with van der Waals surface area (Å²) in [5, 5.41) is 15.5. The summed E-state index contributed by atoms with van der Waals surface area (Å²) < 4.78 is 3.63. The lowest BCUT2D eigenvalue weighted by Crippen LogP contribution is -2.70. The molecule has 2 aliphatic heterocycles. The van der Waals surface area contributed by atoms with E-state index in [4.69, 9.17) is 11.6 Å². The van der Waals surface area contributed by atoms with Gasteiger partial charge in [0, 0.05) is 37.9 Å².